The van der Waals surface area contributed by atoms with Gasteiger partial charge in [0.15, 0.2) is 0 Å². The van der Waals surface area contributed by atoms with Crippen LogP contribution in [0, 0.1) is 0 Å². The number of para-hydroxylation sites is 4. The van der Waals surface area contributed by atoms with Crippen molar-refractivity contribution in [2.24, 2.45) is 9.98 Å². The number of aliphatic imine (C=N–C) groups is 2. The zero-order chi connectivity index (χ0) is 26.7. The van der Waals surface area contributed by atoms with Crippen LogP contribution < -0.4 is 0 Å². The smallest absolute Gasteiger partial charge is 0.0723 e. The van der Waals surface area contributed by atoms with Gasteiger partial charge in [-0.3, -0.25) is 9.98 Å². The monoisotopic (exact) mass is 514 g/mol. The number of nitrogens with zero attached hydrogens (tertiary/aromatic N) is 2. The van der Waals surface area contributed by atoms with E-state index in [1.807, 2.05) is 61.0 Å². The lowest BCUT2D eigenvalue weighted by Crippen LogP contribution is -1.86. The second-order valence-electron chi connectivity index (χ2n) is 9.76. The van der Waals surface area contributed by atoms with Crippen molar-refractivity contribution in [2.45, 2.75) is 0 Å². The van der Waals surface area contributed by atoms with E-state index in [4.69, 9.17) is 9.98 Å². The quantitative estimate of drug-likeness (QED) is 0.208. The van der Waals surface area contributed by atoms with Crippen LogP contribution in [0.25, 0.3) is 44.3 Å². The maximum Gasteiger partial charge on any atom is 0.0723 e. The minimum absolute atomic E-state index is 0.924. The molecule has 0 saturated heterocycles. The van der Waals surface area contributed by atoms with Crippen LogP contribution in [0.4, 0.5) is 11.4 Å². The van der Waals surface area contributed by atoms with Gasteiger partial charge in [0.1, 0.15) is 0 Å². The Kier molecular flexibility index (Phi) is 6.11. The summed E-state index contributed by atoms with van der Waals surface area (Å²) in [5.41, 5.74) is 10.4. The lowest BCUT2D eigenvalue weighted by molar-refractivity contribution is 1.42. The maximum absolute atomic E-state index is 4.83. The molecule has 5 aromatic carbocycles. The van der Waals surface area contributed by atoms with Gasteiger partial charge in [0.25, 0.3) is 0 Å². The summed E-state index contributed by atoms with van der Waals surface area (Å²) >= 11 is 0. The summed E-state index contributed by atoms with van der Waals surface area (Å²) < 4.78 is 0. The molecule has 2 heterocycles. The van der Waals surface area contributed by atoms with Gasteiger partial charge in [-0.05, 0) is 47.5 Å². The van der Waals surface area contributed by atoms with Crippen molar-refractivity contribution in [3.05, 3.63) is 145 Å². The highest BCUT2D eigenvalue weighted by Crippen LogP contribution is 2.33. The molecule has 0 spiro atoms. The predicted molar refractivity (Wildman–Crippen MR) is 168 cm³/mol. The first-order chi connectivity index (χ1) is 19.8. The molecule has 0 bridgehead atoms. The molecule has 40 heavy (non-hydrogen) atoms. The van der Waals surface area contributed by atoms with E-state index in [-0.39, 0.29) is 0 Å². The molecule has 0 unspecified atom stereocenters. The van der Waals surface area contributed by atoms with E-state index in [9.17, 15) is 0 Å². The van der Waals surface area contributed by atoms with Gasteiger partial charge in [-0.25, -0.2) is 0 Å². The van der Waals surface area contributed by atoms with Crippen LogP contribution in [-0.4, -0.2) is 22.4 Å². The van der Waals surface area contributed by atoms with Gasteiger partial charge in [-0.15, -0.1) is 0 Å². The minimum atomic E-state index is 0.924. The number of rotatable bonds is 6. The van der Waals surface area contributed by atoms with Crippen LogP contribution >= 0.6 is 0 Å². The third kappa shape index (κ3) is 4.74. The van der Waals surface area contributed by atoms with Gasteiger partial charge in [-0.1, -0.05) is 97.1 Å². The van der Waals surface area contributed by atoms with Crippen LogP contribution in [0.5, 0.6) is 0 Å². The summed E-state index contributed by atoms with van der Waals surface area (Å²) in [5, 5.41) is 2.38. The van der Waals surface area contributed by atoms with Crippen LogP contribution in [0.15, 0.2) is 143 Å². The number of aromatic amines is 2. The fourth-order valence-corrected chi connectivity index (χ4v) is 5.02. The van der Waals surface area contributed by atoms with Crippen molar-refractivity contribution >= 4 is 45.6 Å². The van der Waals surface area contributed by atoms with Gasteiger partial charge in [0, 0.05) is 56.7 Å². The van der Waals surface area contributed by atoms with Crippen LogP contribution in [0.3, 0.4) is 0 Å². The average Bonchev–Trinajstić information content (AvgIpc) is 3.64. The van der Waals surface area contributed by atoms with Crippen molar-refractivity contribution in [1.29, 1.82) is 0 Å². The highest BCUT2D eigenvalue weighted by Gasteiger charge is 2.08. The van der Waals surface area contributed by atoms with Crippen molar-refractivity contribution in [3.63, 3.8) is 0 Å². The topological polar surface area (TPSA) is 56.3 Å². The molecule has 0 saturated carbocycles. The Bertz CT molecular complexity index is 1790. The van der Waals surface area contributed by atoms with Gasteiger partial charge >= 0.3 is 0 Å². The highest BCUT2D eigenvalue weighted by molar-refractivity contribution is 5.92. The first-order valence-electron chi connectivity index (χ1n) is 13.3. The lowest BCUT2D eigenvalue weighted by Gasteiger charge is -2.04. The summed E-state index contributed by atoms with van der Waals surface area (Å²) in [5.74, 6) is 0. The Morgan fingerprint density at radius 3 is 1.27 bits per heavy atom. The molecule has 0 aliphatic rings. The second-order valence-corrected chi connectivity index (χ2v) is 9.76. The van der Waals surface area contributed by atoms with Crippen LogP contribution in [0.1, 0.15) is 11.1 Å². The van der Waals surface area contributed by atoms with Crippen molar-refractivity contribution in [3.8, 4) is 22.5 Å². The van der Waals surface area contributed by atoms with E-state index in [1.54, 1.807) is 0 Å². The molecular weight excluding hydrogens is 488 g/mol. The summed E-state index contributed by atoms with van der Waals surface area (Å²) in [7, 11) is 0. The SMILES string of the molecule is C(=Nc1ccccc1-c1cc2ccccc2[nH]1)c1ccc(C=Nc2ccccc2-c2cc3ccccc3[nH]2)cc1. The molecule has 7 aromatic rings. The van der Waals surface area contributed by atoms with Crippen LogP contribution in [-0.2, 0) is 0 Å². The van der Waals surface area contributed by atoms with Gasteiger partial charge in [0.2, 0.25) is 0 Å². The maximum atomic E-state index is 4.83. The number of fused-ring (bicyclic) bond motifs is 2. The molecule has 0 atom stereocenters. The van der Waals surface area contributed by atoms with Gasteiger partial charge in [-0.2, -0.15) is 0 Å². The molecule has 0 radical (unpaired) electrons. The summed E-state index contributed by atoms with van der Waals surface area (Å²) in [6.07, 6.45) is 3.82. The third-order valence-electron chi connectivity index (χ3n) is 7.09. The zero-order valence-electron chi connectivity index (χ0n) is 21.8. The molecule has 0 fully saturated rings. The van der Waals surface area contributed by atoms with Crippen molar-refractivity contribution in [1.82, 2.24) is 9.97 Å². The number of aromatic nitrogens is 2. The summed E-state index contributed by atoms with van der Waals surface area (Å²) in [6.45, 7) is 0. The fraction of sp³-hybridized carbons (Fsp3) is 0. The van der Waals surface area contributed by atoms with E-state index < -0.39 is 0 Å². The second kappa shape index (κ2) is 10.4. The molecule has 0 aliphatic carbocycles. The molecule has 7 rings (SSSR count). The Labute approximate surface area is 232 Å². The van der Waals surface area contributed by atoms with E-state index in [2.05, 4.69) is 94.9 Å². The standard InChI is InChI=1S/C36H26N4/c1-5-13-31-27(9-1)21-35(39-31)29-11-3-7-15-33(29)37-23-25-17-19-26(20-18-25)24-38-34-16-8-4-12-30(34)36-22-28-10-2-6-14-32(28)40-36/h1-24,39-40H. The molecular formula is C36H26N4. The Morgan fingerprint density at radius 2 is 0.825 bits per heavy atom. The normalized spacial score (nSPS) is 11.8. The molecule has 4 heteroatoms. The Morgan fingerprint density at radius 1 is 0.425 bits per heavy atom. The molecule has 0 aliphatic heterocycles. The highest BCUT2D eigenvalue weighted by atomic mass is 14.8. The van der Waals surface area contributed by atoms with E-state index in [0.717, 1.165) is 56.0 Å². The van der Waals surface area contributed by atoms with Crippen LogP contribution in [0.2, 0.25) is 0 Å². The van der Waals surface area contributed by atoms with E-state index >= 15 is 0 Å². The number of hydrogen-bond acceptors (Lipinski definition) is 2. The summed E-state index contributed by atoms with van der Waals surface area (Å²) in [6, 6.07) is 45.7. The molecule has 4 nitrogen and oxygen atoms in total. The number of nitrogens with one attached hydrogen (secondary N) is 2. The minimum Gasteiger partial charge on any atom is -0.354 e. The van der Waals surface area contributed by atoms with E-state index in [1.165, 1.54) is 10.8 Å². The van der Waals surface area contributed by atoms with Crippen molar-refractivity contribution in [2.75, 3.05) is 0 Å². The molecule has 0 amide bonds. The largest absolute Gasteiger partial charge is 0.354 e. The Balaban J connectivity index is 1.11. The zero-order valence-corrected chi connectivity index (χ0v) is 21.8. The van der Waals surface area contributed by atoms with E-state index in [0.29, 0.717) is 0 Å². The van der Waals surface area contributed by atoms with Gasteiger partial charge in [0.05, 0.1) is 11.4 Å². The number of H-pyrrole nitrogens is 2. The Hall–Kier alpha value is -5.48. The molecule has 2 aromatic heterocycles. The first kappa shape index (κ1) is 23.6. The molecule has 190 valence electrons. The number of benzene rings is 5. The van der Waals surface area contributed by atoms with Gasteiger partial charge < -0.3 is 9.97 Å². The number of hydrogen-bond donors (Lipinski definition) is 2. The fourth-order valence-electron chi connectivity index (χ4n) is 5.02. The average molecular weight is 515 g/mol. The third-order valence-corrected chi connectivity index (χ3v) is 7.09. The molecule has 2 N–H and O–H groups in total. The lowest BCUT2D eigenvalue weighted by atomic mass is 10.1. The van der Waals surface area contributed by atoms with Crippen molar-refractivity contribution < 1.29 is 0 Å². The predicted octanol–water partition coefficient (Wildman–Crippen LogP) is 9.48. The summed E-state index contributed by atoms with van der Waals surface area (Å²) in [4.78, 5) is 16.7. The first-order valence-corrected chi connectivity index (χ1v) is 13.3.